The Morgan fingerprint density at radius 1 is 1.47 bits per heavy atom. The van der Waals surface area contributed by atoms with Crippen LogP contribution in [0.5, 0.6) is 5.88 Å². The highest BCUT2D eigenvalue weighted by Gasteiger charge is 2.17. The van der Waals surface area contributed by atoms with Gasteiger partial charge in [-0.25, -0.2) is 0 Å². The van der Waals surface area contributed by atoms with Crippen LogP contribution in [0.25, 0.3) is 0 Å². The highest BCUT2D eigenvalue weighted by Crippen LogP contribution is 2.19. The normalized spacial score (nSPS) is 19.2. The number of rotatable bonds is 6. The first-order valence-corrected chi connectivity index (χ1v) is 7.30. The van der Waals surface area contributed by atoms with E-state index >= 15 is 0 Å². The molecule has 0 amide bonds. The monoisotopic (exact) mass is 263 g/mol. The molecule has 1 N–H and O–H groups in total. The number of piperidine rings is 1. The fourth-order valence-electron chi connectivity index (χ4n) is 2.65. The number of methoxy groups -OCH3 is 1. The lowest BCUT2D eigenvalue weighted by Gasteiger charge is -2.30. The fourth-order valence-corrected chi connectivity index (χ4v) is 2.65. The van der Waals surface area contributed by atoms with Crippen LogP contribution in [0.15, 0.2) is 18.2 Å². The van der Waals surface area contributed by atoms with E-state index in [1.165, 1.54) is 19.4 Å². The van der Waals surface area contributed by atoms with Gasteiger partial charge < -0.3 is 15.0 Å². The number of anilines is 1. The Hall–Kier alpha value is -1.29. The predicted molar refractivity (Wildman–Crippen MR) is 78.9 cm³/mol. The molecule has 1 atom stereocenters. The van der Waals surface area contributed by atoms with Gasteiger partial charge in [0, 0.05) is 19.2 Å². The third-order valence-electron chi connectivity index (χ3n) is 3.61. The molecular formula is C15H25N3O. The Morgan fingerprint density at radius 2 is 2.37 bits per heavy atom. The molecular weight excluding hydrogens is 238 g/mol. The second-order valence-electron chi connectivity index (χ2n) is 5.20. The zero-order valence-electron chi connectivity index (χ0n) is 12.1. The molecule has 4 nitrogen and oxygen atoms in total. The van der Waals surface area contributed by atoms with Crippen molar-refractivity contribution >= 4 is 5.82 Å². The molecule has 0 spiro atoms. The van der Waals surface area contributed by atoms with Crippen LogP contribution in [0.4, 0.5) is 5.82 Å². The van der Waals surface area contributed by atoms with E-state index in [0.29, 0.717) is 5.88 Å². The summed E-state index contributed by atoms with van der Waals surface area (Å²) in [6, 6.07) is 5.99. The van der Waals surface area contributed by atoms with E-state index in [1.54, 1.807) is 7.11 Å². The maximum Gasteiger partial charge on any atom is 0.214 e. The molecule has 1 fully saturated rings. The topological polar surface area (TPSA) is 37.4 Å². The summed E-state index contributed by atoms with van der Waals surface area (Å²) < 4.78 is 5.22. The lowest BCUT2D eigenvalue weighted by molar-refractivity contribution is 0.374. The lowest BCUT2D eigenvalue weighted by atomic mass is 9.99. The third-order valence-corrected chi connectivity index (χ3v) is 3.61. The van der Waals surface area contributed by atoms with Crippen molar-refractivity contribution in [3.63, 3.8) is 0 Å². The molecule has 1 unspecified atom stereocenters. The maximum atomic E-state index is 5.22. The van der Waals surface area contributed by atoms with Gasteiger partial charge in [-0.2, -0.15) is 4.98 Å². The predicted octanol–water partition coefficient (Wildman–Crippen LogP) is 2.31. The van der Waals surface area contributed by atoms with Gasteiger partial charge in [-0.3, -0.25) is 0 Å². The third kappa shape index (κ3) is 4.10. The van der Waals surface area contributed by atoms with Crippen LogP contribution in [0, 0.1) is 5.92 Å². The first-order chi connectivity index (χ1) is 9.33. The molecule has 106 valence electrons. The van der Waals surface area contributed by atoms with Crippen LogP contribution in [-0.4, -0.2) is 38.3 Å². The summed E-state index contributed by atoms with van der Waals surface area (Å²) in [6.07, 6.45) is 3.74. The smallest absolute Gasteiger partial charge is 0.214 e. The highest BCUT2D eigenvalue weighted by atomic mass is 16.5. The Bertz CT molecular complexity index is 377. The molecule has 1 saturated heterocycles. The van der Waals surface area contributed by atoms with Gasteiger partial charge in [0.25, 0.3) is 0 Å². The minimum Gasteiger partial charge on any atom is -0.481 e. The van der Waals surface area contributed by atoms with Gasteiger partial charge in [0.1, 0.15) is 5.82 Å². The number of nitrogens with zero attached hydrogens (tertiary/aromatic N) is 2. The van der Waals surface area contributed by atoms with Crippen LogP contribution in [-0.2, 0) is 0 Å². The quantitative estimate of drug-likeness (QED) is 0.854. The molecule has 1 aromatic heterocycles. The van der Waals surface area contributed by atoms with Crippen molar-refractivity contribution in [1.82, 2.24) is 10.3 Å². The summed E-state index contributed by atoms with van der Waals surface area (Å²) in [7, 11) is 1.67. The molecule has 19 heavy (non-hydrogen) atoms. The van der Waals surface area contributed by atoms with Crippen LogP contribution in [0.2, 0.25) is 0 Å². The molecule has 0 bridgehead atoms. The summed E-state index contributed by atoms with van der Waals surface area (Å²) in [5.74, 6) is 2.46. The Kier molecular flexibility index (Phi) is 5.45. The minimum atomic E-state index is 0.695. The lowest BCUT2D eigenvalue weighted by Crippen LogP contribution is -2.39. The summed E-state index contributed by atoms with van der Waals surface area (Å²) in [6.45, 7) is 6.65. The van der Waals surface area contributed by atoms with Crippen molar-refractivity contribution in [2.75, 3.05) is 38.2 Å². The largest absolute Gasteiger partial charge is 0.481 e. The second kappa shape index (κ2) is 7.34. The second-order valence-corrected chi connectivity index (χ2v) is 5.20. The first-order valence-electron chi connectivity index (χ1n) is 7.30. The molecule has 4 heteroatoms. The van der Waals surface area contributed by atoms with Crippen LogP contribution in [0.3, 0.4) is 0 Å². The number of aromatic nitrogens is 1. The van der Waals surface area contributed by atoms with Gasteiger partial charge in [-0.15, -0.1) is 0 Å². The molecule has 2 rings (SSSR count). The van der Waals surface area contributed by atoms with Crippen LogP contribution < -0.4 is 15.0 Å². The average Bonchev–Trinajstić information content (AvgIpc) is 2.48. The molecule has 2 heterocycles. The van der Waals surface area contributed by atoms with Gasteiger partial charge in [-0.05, 0) is 44.3 Å². The molecule has 0 aromatic carbocycles. The molecule has 1 aliphatic rings. The van der Waals surface area contributed by atoms with Crippen LogP contribution >= 0.6 is 0 Å². The van der Waals surface area contributed by atoms with Crippen molar-refractivity contribution in [2.24, 2.45) is 5.92 Å². The minimum absolute atomic E-state index is 0.695. The number of hydrogen-bond donors (Lipinski definition) is 1. The van der Waals surface area contributed by atoms with E-state index in [9.17, 15) is 0 Å². The Balaban J connectivity index is 2.04. The fraction of sp³-hybridized carbons (Fsp3) is 0.667. The molecule has 0 saturated carbocycles. The molecule has 1 aliphatic heterocycles. The standard InChI is InChI=1S/C15H25N3O/c1-3-10-18(12-13-6-5-9-16-11-13)14-7-4-8-15(17-14)19-2/h4,7-8,13,16H,3,5-6,9-12H2,1-2H3. The van der Waals surface area contributed by atoms with E-state index in [2.05, 4.69) is 28.2 Å². The van der Waals surface area contributed by atoms with E-state index in [1.807, 2.05) is 12.1 Å². The molecule has 0 radical (unpaired) electrons. The molecule has 1 aromatic rings. The van der Waals surface area contributed by atoms with Crippen molar-refractivity contribution in [3.05, 3.63) is 18.2 Å². The Labute approximate surface area is 116 Å². The van der Waals surface area contributed by atoms with Crippen molar-refractivity contribution in [3.8, 4) is 5.88 Å². The van der Waals surface area contributed by atoms with Gasteiger partial charge >= 0.3 is 0 Å². The zero-order valence-corrected chi connectivity index (χ0v) is 12.1. The van der Waals surface area contributed by atoms with Gasteiger partial charge in [0.15, 0.2) is 0 Å². The zero-order chi connectivity index (χ0) is 13.5. The molecule has 0 aliphatic carbocycles. The van der Waals surface area contributed by atoms with Gasteiger partial charge in [0.05, 0.1) is 7.11 Å². The van der Waals surface area contributed by atoms with Crippen molar-refractivity contribution < 1.29 is 4.74 Å². The van der Waals surface area contributed by atoms with Crippen LogP contribution in [0.1, 0.15) is 26.2 Å². The first kappa shape index (κ1) is 14.1. The summed E-state index contributed by atoms with van der Waals surface area (Å²) in [5, 5.41) is 3.48. The summed E-state index contributed by atoms with van der Waals surface area (Å²) in [5.41, 5.74) is 0. The number of ether oxygens (including phenoxy) is 1. The van der Waals surface area contributed by atoms with Gasteiger partial charge in [0.2, 0.25) is 5.88 Å². The maximum absolute atomic E-state index is 5.22. The van der Waals surface area contributed by atoms with E-state index in [-0.39, 0.29) is 0 Å². The highest BCUT2D eigenvalue weighted by molar-refractivity contribution is 5.40. The van der Waals surface area contributed by atoms with Crippen molar-refractivity contribution in [2.45, 2.75) is 26.2 Å². The van der Waals surface area contributed by atoms with E-state index in [4.69, 9.17) is 4.74 Å². The summed E-state index contributed by atoms with van der Waals surface area (Å²) in [4.78, 5) is 6.95. The number of hydrogen-bond acceptors (Lipinski definition) is 4. The SMILES string of the molecule is CCCN(CC1CCCNC1)c1cccc(OC)n1. The number of pyridine rings is 1. The van der Waals surface area contributed by atoms with Gasteiger partial charge in [-0.1, -0.05) is 13.0 Å². The van der Waals surface area contributed by atoms with E-state index in [0.717, 1.165) is 37.8 Å². The summed E-state index contributed by atoms with van der Waals surface area (Å²) >= 11 is 0. The Morgan fingerprint density at radius 3 is 3.05 bits per heavy atom. The average molecular weight is 263 g/mol. The number of nitrogens with one attached hydrogen (secondary N) is 1. The van der Waals surface area contributed by atoms with Crippen molar-refractivity contribution in [1.29, 1.82) is 0 Å². The van der Waals surface area contributed by atoms with E-state index < -0.39 is 0 Å².